The minimum absolute atomic E-state index is 0.744. The van der Waals surface area contributed by atoms with Crippen molar-refractivity contribution in [2.24, 2.45) is 5.73 Å². The van der Waals surface area contributed by atoms with Crippen molar-refractivity contribution in [3.63, 3.8) is 0 Å². The van der Waals surface area contributed by atoms with Gasteiger partial charge in [0.1, 0.15) is 6.04 Å². The van der Waals surface area contributed by atoms with Gasteiger partial charge in [-0.2, -0.15) is 0 Å². The number of nitrogens with two attached hydrogens (primary N) is 1. The lowest BCUT2D eigenvalue weighted by Crippen LogP contribution is -2.29. The summed E-state index contributed by atoms with van der Waals surface area (Å²) in [6.07, 6.45) is 2.58. The molecule has 0 aliphatic heterocycles. The highest BCUT2D eigenvalue weighted by Gasteiger charge is 2.11. The van der Waals surface area contributed by atoms with Crippen LogP contribution in [0.2, 0.25) is 0 Å². The average Bonchev–Trinajstić information content (AvgIpc) is 2.00. The minimum Gasteiger partial charge on any atom is -0.319 e. The third kappa shape index (κ3) is 4.45. The zero-order chi connectivity index (χ0) is 9.56. The molecule has 0 aliphatic carbocycles. The molecule has 5 nitrogen and oxygen atoms in total. The molecule has 0 heterocycles. The molecule has 0 aromatic carbocycles. The Labute approximate surface area is 70.1 Å². The molecule has 0 spiro atoms. The SMILES string of the molecule is C/C=C/C(=O)OOC(=O)[C@H](C)N. The monoisotopic (exact) mass is 173 g/mol. The van der Waals surface area contributed by atoms with Crippen LogP contribution in [0.5, 0.6) is 0 Å². The summed E-state index contributed by atoms with van der Waals surface area (Å²) in [5, 5.41) is 0. The smallest absolute Gasteiger partial charge is 0.319 e. The summed E-state index contributed by atoms with van der Waals surface area (Å²) in [5.41, 5.74) is 5.11. The van der Waals surface area contributed by atoms with Crippen LogP contribution >= 0.6 is 0 Å². The van der Waals surface area contributed by atoms with Crippen LogP contribution in [0.15, 0.2) is 12.2 Å². The second-order valence-electron chi connectivity index (χ2n) is 2.09. The molecular weight excluding hydrogens is 162 g/mol. The van der Waals surface area contributed by atoms with Gasteiger partial charge in [-0.25, -0.2) is 19.4 Å². The van der Waals surface area contributed by atoms with E-state index in [-0.39, 0.29) is 0 Å². The fourth-order valence-electron chi connectivity index (χ4n) is 0.322. The van der Waals surface area contributed by atoms with Crippen molar-refractivity contribution >= 4 is 11.9 Å². The fourth-order valence-corrected chi connectivity index (χ4v) is 0.322. The third-order valence-corrected chi connectivity index (χ3v) is 0.880. The number of rotatable bonds is 2. The van der Waals surface area contributed by atoms with Gasteiger partial charge in [0.25, 0.3) is 0 Å². The maximum atomic E-state index is 10.6. The summed E-state index contributed by atoms with van der Waals surface area (Å²) in [7, 11) is 0. The van der Waals surface area contributed by atoms with E-state index in [2.05, 4.69) is 9.78 Å². The molecule has 5 heteroatoms. The Hall–Kier alpha value is -1.36. The molecule has 0 fully saturated rings. The largest absolute Gasteiger partial charge is 0.378 e. The van der Waals surface area contributed by atoms with Crippen molar-refractivity contribution in [1.29, 1.82) is 0 Å². The average molecular weight is 173 g/mol. The van der Waals surface area contributed by atoms with E-state index in [9.17, 15) is 9.59 Å². The zero-order valence-electron chi connectivity index (χ0n) is 6.94. The predicted molar refractivity (Wildman–Crippen MR) is 40.6 cm³/mol. The van der Waals surface area contributed by atoms with Crippen molar-refractivity contribution in [3.8, 4) is 0 Å². The van der Waals surface area contributed by atoms with E-state index in [4.69, 9.17) is 5.73 Å². The number of hydrogen-bond donors (Lipinski definition) is 1. The summed E-state index contributed by atoms with van der Waals surface area (Å²) in [4.78, 5) is 29.2. The van der Waals surface area contributed by atoms with Crippen LogP contribution in [0.1, 0.15) is 13.8 Å². The number of hydrogen-bond acceptors (Lipinski definition) is 5. The van der Waals surface area contributed by atoms with E-state index in [1.807, 2.05) is 0 Å². The maximum Gasteiger partial charge on any atom is 0.378 e. The van der Waals surface area contributed by atoms with Gasteiger partial charge < -0.3 is 5.73 Å². The Kier molecular flexibility index (Phi) is 4.71. The van der Waals surface area contributed by atoms with Crippen molar-refractivity contribution in [1.82, 2.24) is 0 Å². The van der Waals surface area contributed by atoms with Gasteiger partial charge in [0.15, 0.2) is 0 Å². The first-order valence-corrected chi connectivity index (χ1v) is 3.38. The predicted octanol–water partition coefficient (Wildman–Crippen LogP) is -0.0889. The Bertz CT molecular complexity index is 198. The minimum atomic E-state index is -0.802. The van der Waals surface area contributed by atoms with E-state index in [1.54, 1.807) is 6.92 Å². The summed E-state index contributed by atoms with van der Waals surface area (Å²) in [6.45, 7) is 3.06. The molecule has 0 bridgehead atoms. The van der Waals surface area contributed by atoms with Crippen LogP contribution in [0.3, 0.4) is 0 Å². The van der Waals surface area contributed by atoms with Crippen molar-refractivity contribution in [2.75, 3.05) is 0 Å². The van der Waals surface area contributed by atoms with E-state index >= 15 is 0 Å². The molecular formula is C7H11NO4. The summed E-state index contributed by atoms with van der Waals surface area (Å²) >= 11 is 0. The van der Waals surface area contributed by atoms with Crippen LogP contribution in [-0.2, 0) is 19.4 Å². The van der Waals surface area contributed by atoms with Gasteiger partial charge in [-0.3, -0.25) is 0 Å². The first kappa shape index (κ1) is 10.6. The fraction of sp³-hybridized carbons (Fsp3) is 0.429. The summed E-state index contributed by atoms with van der Waals surface area (Å²) in [6, 6.07) is -0.802. The number of allylic oxidation sites excluding steroid dienone is 1. The molecule has 0 unspecified atom stereocenters. The molecule has 0 rings (SSSR count). The highest BCUT2D eigenvalue weighted by atomic mass is 17.2. The topological polar surface area (TPSA) is 78.6 Å². The van der Waals surface area contributed by atoms with E-state index in [1.165, 1.54) is 13.0 Å². The van der Waals surface area contributed by atoms with E-state index in [0.717, 1.165) is 6.08 Å². The molecule has 12 heavy (non-hydrogen) atoms. The van der Waals surface area contributed by atoms with Gasteiger partial charge in [-0.1, -0.05) is 6.08 Å². The van der Waals surface area contributed by atoms with E-state index < -0.39 is 18.0 Å². The molecule has 68 valence electrons. The highest BCUT2D eigenvalue weighted by Crippen LogP contribution is 1.88. The van der Waals surface area contributed by atoms with Crippen LogP contribution in [-0.4, -0.2) is 18.0 Å². The lowest BCUT2D eigenvalue weighted by Gasteiger charge is -2.02. The maximum absolute atomic E-state index is 10.6. The van der Waals surface area contributed by atoms with Gasteiger partial charge in [-0.05, 0) is 13.8 Å². The van der Waals surface area contributed by atoms with Crippen LogP contribution < -0.4 is 5.73 Å². The molecule has 0 aromatic heterocycles. The Morgan fingerprint density at radius 2 is 2.00 bits per heavy atom. The van der Waals surface area contributed by atoms with Gasteiger partial charge in [0.2, 0.25) is 0 Å². The first-order valence-electron chi connectivity index (χ1n) is 3.38. The molecule has 1 atom stereocenters. The Balaban J connectivity index is 3.69. The van der Waals surface area contributed by atoms with Crippen LogP contribution in [0.25, 0.3) is 0 Å². The molecule has 0 aliphatic rings. The standard InChI is InChI=1S/C7H11NO4/c1-3-4-6(9)11-12-7(10)5(2)8/h3-5H,8H2,1-2H3/b4-3+/t5-/m0/s1. The van der Waals surface area contributed by atoms with Crippen molar-refractivity contribution in [2.45, 2.75) is 19.9 Å². The molecule has 0 amide bonds. The highest BCUT2D eigenvalue weighted by molar-refractivity contribution is 5.82. The first-order chi connectivity index (χ1) is 5.57. The molecule has 0 saturated carbocycles. The normalized spacial score (nSPS) is 12.6. The van der Waals surface area contributed by atoms with Crippen molar-refractivity contribution in [3.05, 3.63) is 12.2 Å². The number of carbonyl (C=O) groups excluding carboxylic acids is 2. The quantitative estimate of drug-likeness (QED) is 0.358. The summed E-state index contributed by atoms with van der Waals surface area (Å²) < 4.78 is 0. The molecule has 0 radical (unpaired) electrons. The van der Waals surface area contributed by atoms with Crippen molar-refractivity contribution < 1.29 is 19.4 Å². The summed E-state index contributed by atoms with van der Waals surface area (Å²) in [5.74, 6) is -1.53. The van der Waals surface area contributed by atoms with Gasteiger partial charge in [-0.15, -0.1) is 0 Å². The third-order valence-electron chi connectivity index (χ3n) is 0.880. The zero-order valence-corrected chi connectivity index (χ0v) is 6.94. The lowest BCUT2D eigenvalue weighted by atomic mass is 10.4. The van der Waals surface area contributed by atoms with Gasteiger partial charge in [0, 0.05) is 6.08 Å². The molecule has 0 aromatic rings. The van der Waals surface area contributed by atoms with Crippen LogP contribution in [0, 0.1) is 0 Å². The molecule has 0 saturated heterocycles. The van der Waals surface area contributed by atoms with E-state index in [0.29, 0.717) is 0 Å². The Morgan fingerprint density at radius 1 is 1.42 bits per heavy atom. The van der Waals surface area contributed by atoms with Gasteiger partial charge in [0.05, 0.1) is 0 Å². The number of carbonyl (C=O) groups is 2. The second kappa shape index (κ2) is 5.31. The van der Waals surface area contributed by atoms with Crippen LogP contribution in [0.4, 0.5) is 0 Å². The van der Waals surface area contributed by atoms with Gasteiger partial charge >= 0.3 is 11.9 Å². The lowest BCUT2D eigenvalue weighted by molar-refractivity contribution is -0.255. The molecule has 2 N–H and O–H groups in total. The Morgan fingerprint density at radius 3 is 2.42 bits per heavy atom. The second-order valence-corrected chi connectivity index (χ2v) is 2.09.